The SMILES string of the molecule is CC(=O)OC(=O)CN(C(=O)OC(C)(C)C)c1ccccc1N. The lowest BCUT2D eigenvalue weighted by atomic mass is 10.2. The largest absolute Gasteiger partial charge is 0.443 e. The number of anilines is 2. The molecule has 0 spiro atoms. The van der Waals surface area contributed by atoms with Gasteiger partial charge in [0.05, 0.1) is 11.4 Å². The Balaban J connectivity index is 3.05. The van der Waals surface area contributed by atoms with Crippen LogP contribution in [-0.4, -0.2) is 30.2 Å². The molecule has 0 unspecified atom stereocenters. The van der Waals surface area contributed by atoms with Crippen molar-refractivity contribution in [3.8, 4) is 0 Å². The first-order valence-corrected chi connectivity index (χ1v) is 6.66. The Morgan fingerprint density at radius 3 is 2.27 bits per heavy atom. The fraction of sp³-hybridized carbons (Fsp3) is 0.400. The number of nitrogens with two attached hydrogens (primary N) is 1. The van der Waals surface area contributed by atoms with Crippen LogP contribution in [0.5, 0.6) is 0 Å². The normalized spacial score (nSPS) is 10.7. The van der Waals surface area contributed by atoms with Crippen molar-refractivity contribution in [1.29, 1.82) is 0 Å². The van der Waals surface area contributed by atoms with E-state index in [9.17, 15) is 14.4 Å². The second-order valence-electron chi connectivity index (χ2n) is 5.59. The minimum Gasteiger partial charge on any atom is -0.443 e. The molecule has 0 radical (unpaired) electrons. The van der Waals surface area contributed by atoms with Gasteiger partial charge < -0.3 is 15.2 Å². The first-order chi connectivity index (χ1) is 10.1. The number of nitrogens with zero attached hydrogens (tertiary/aromatic N) is 1. The molecule has 1 aromatic rings. The van der Waals surface area contributed by atoms with Crippen molar-refractivity contribution in [3.05, 3.63) is 24.3 Å². The van der Waals surface area contributed by atoms with Crippen LogP contribution in [0.15, 0.2) is 24.3 Å². The van der Waals surface area contributed by atoms with E-state index in [2.05, 4.69) is 4.74 Å². The molecule has 0 bridgehead atoms. The molecule has 0 aliphatic rings. The van der Waals surface area contributed by atoms with Crippen molar-refractivity contribution in [2.75, 3.05) is 17.2 Å². The van der Waals surface area contributed by atoms with E-state index in [0.717, 1.165) is 11.8 Å². The molecule has 0 aliphatic heterocycles. The zero-order valence-electron chi connectivity index (χ0n) is 13.1. The lowest BCUT2D eigenvalue weighted by Gasteiger charge is -2.27. The van der Waals surface area contributed by atoms with Crippen LogP contribution in [0.1, 0.15) is 27.7 Å². The molecule has 120 valence electrons. The number of rotatable bonds is 3. The van der Waals surface area contributed by atoms with Crippen LogP contribution in [0.4, 0.5) is 16.2 Å². The van der Waals surface area contributed by atoms with E-state index in [1.165, 1.54) is 0 Å². The van der Waals surface area contributed by atoms with Gasteiger partial charge in [-0.25, -0.2) is 9.59 Å². The molecule has 1 rings (SSSR count). The molecule has 0 aliphatic carbocycles. The average Bonchev–Trinajstić information content (AvgIpc) is 2.34. The van der Waals surface area contributed by atoms with Crippen LogP contribution in [-0.2, 0) is 19.1 Å². The van der Waals surface area contributed by atoms with Gasteiger partial charge in [0.2, 0.25) is 0 Å². The van der Waals surface area contributed by atoms with Crippen LogP contribution >= 0.6 is 0 Å². The van der Waals surface area contributed by atoms with Crippen LogP contribution < -0.4 is 10.6 Å². The molecule has 0 fully saturated rings. The van der Waals surface area contributed by atoms with Crippen LogP contribution in [0.2, 0.25) is 0 Å². The van der Waals surface area contributed by atoms with Crippen molar-refractivity contribution in [2.24, 2.45) is 0 Å². The minimum absolute atomic E-state index is 0.295. The summed E-state index contributed by atoms with van der Waals surface area (Å²) in [6.07, 6.45) is -0.758. The second-order valence-corrected chi connectivity index (χ2v) is 5.59. The van der Waals surface area contributed by atoms with Gasteiger partial charge in [-0.3, -0.25) is 9.69 Å². The van der Waals surface area contributed by atoms with Gasteiger partial charge in [0, 0.05) is 6.92 Å². The predicted octanol–water partition coefficient (Wildman–Crippen LogP) is 2.10. The molecule has 7 nitrogen and oxygen atoms in total. The summed E-state index contributed by atoms with van der Waals surface area (Å²) in [6.45, 7) is 5.72. The summed E-state index contributed by atoms with van der Waals surface area (Å²) in [6, 6.07) is 6.52. The molecule has 0 saturated carbocycles. The number of carbonyl (C=O) groups is 3. The maximum Gasteiger partial charge on any atom is 0.415 e. The number of carbonyl (C=O) groups excluding carboxylic acids is 3. The standard InChI is InChI=1S/C15H20N2O5/c1-10(18)21-13(19)9-17(14(20)22-15(2,3)4)12-8-6-5-7-11(12)16/h5-8H,9,16H2,1-4H3. The Hall–Kier alpha value is -2.57. The second kappa shape index (κ2) is 6.93. The van der Waals surface area contributed by atoms with E-state index in [0.29, 0.717) is 11.4 Å². The predicted molar refractivity (Wildman–Crippen MR) is 81.2 cm³/mol. The van der Waals surface area contributed by atoms with Gasteiger partial charge in [0.1, 0.15) is 12.1 Å². The molecule has 0 atom stereocenters. The summed E-state index contributed by atoms with van der Waals surface area (Å²) in [4.78, 5) is 35.8. The topological polar surface area (TPSA) is 98.9 Å². The van der Waals surface area contributed by atoms with Crippen molar-refractivity contribution < 1.29 is 23.9 Å². The molecule has 0 saturated heterocycles. The first kappa shape index (κ1) is 17.5. The molecule has 22 heavy (non-hydrogen) atoms. The van der Waals surface area contributed by atoms with E-state index < -0.39 is 30.2 Å². The van der Waals surface area contributed by atoms with Gasteiger partial charge in [-0.1, -0.05) is 12.1 Å². The summed E-state index contributed by atoms with van der Waals surface area (Å²) >= 11 is 0. The van der Waals surface area contributed by atoms with Crippen LogP contribution in [0.3, 0.4) is 0 Å². The number of ether oxygens (including phenoxy) is 2. The molecule has 0 aromatic heterocycles. The highest BCUT2D eigenvalue weighted by molar-refractivity contribution is 5.98. The molecule has 7 heteroatoms. The smallest absolute Gasteiger partial charge is 0.415 e. The number of nitrogen functional groups attached to an aromatic ring is 1. The zero-order valence-corrected chi connectivity index (χ0v) is 13.1. The quantitative estimate of drug-likeness (QED) is 0.521. The van der Waals surface area contributed by atoms with Crippen LogP contribution in [0.25, 0.3) is 0 Å². The Morgan fingerprint density at radius 2 is 1.77 bits per heavy atom. The van der Waals surface area contributed by atoms with Gasteiger partial charge in [-0.2, -0.15) is 0 Å². The number of hydrogen-bond donors (Lipinski definition) is 1. The molecule has 0 heterocycles. The highest BCUT2D eigenvalue weighted by atomic mass is 16.6. The van der Waals surface area contributed by atoms with E-state index in [4.69, 9.17) is 10.5 Å². The molecule has 1 amide bonds. The molecular weight excluding hydrogens is 288 g/mol. The van der Waals surface area contributed by atoms with Crippen molar-refractivity contribution in [1.82, 2.24) is 0 Å². The highest BCUT2D eigenvalue weighted by Crippen LogP contribution is 2.24. The minimum atomic E-state index is -0.874. The summed E-state index contributed by atoms with van der Waals surface area (Å²) in [5.74, 6) is -1.63. The monoisotopic (exact) mass is 308 g/mol. The molecule has 2 N–H and O–H groups in total. The lowest BCUT2D eigenvalue weighted by molar-refractivity contribution is -0.157. The van der Waals surface area contributed by atoms with Crippen molar-refractivity contribution in [3.63, 3.8) is 0 Å². The van der Waals surface area contributed by atoms with Gasteiger partial charge >= 0.3 is 18.0 Å². The Kier molecular flexibility index (Phi) is 5.50. The fourth-order valence-electron chi connectivity index (χ4n) is 1.62. The van der Waals surface area contributed by atoms with E-state index >= 15 is 0 Å². The Bertz CT molecular complexity index is 578. The molecular formula is C15H20N2O5. The fourth-order valence-corrected chi connectivity index (χ4v) is 1.62. The number of amides is 1. The maximum atomic E-state index is 12.3. The number of hydrogen-bond acceptors (Lipinski definition) is 6. The van der Waals surface area contributed by atoms with E-state index in [1.807, 2.05) is 0 Å². The zero-order chi connectivity index (χ0) is 16.9. The number of para-hydroxylation sites is 2. The van der Waals surface area contributed by atoms with Gasteiger partial charge in [0.15, 0.2) is 0 Å². The first-order valence-electron chi connectivity index (χ1n) is 6.66. The molecule has 1 aromatic carbocycles. The van der Waals surface area contributed by atoms with Crippen molar-refractivity contribution >= 4 is 29.4 Å². The summed E-state index contributed by atoms with van der Waals surface area (Å²) in [5.41, 5.74) is 5.68. The summed E-state index contributed by atoms with van der Waals surface area (Å²) in [7, 11) is 0. The van der Waals surface area contributed by atoms with Crippen molar-refractivity contribution in [2.45, 2.75) is 33.3 Å². The Labute approximate surface area is 129 Å². The van der Waals surface area contributed by atoms with Gasteiger partial charge in [0.25, 0.3) is 0 Å². The Morgan fingerprint density at radius 1 is 1.18 bits per heavy atom. The maximum absolute atomic E-state index is 12.3. The van der Waals surface area contributed by atoms with E-state index in [-0.39, 0.29) is 0 Å². The third-order valence-electron chi connectivity index (χ3n) is 2.39. The van der Waals surface area contributed by atoms with Gasteiger partial charge in [-0.05, 0) is 32.9 Å². The summed E-state index contributed by atoms with van der Waals surface area (Å²) in [5, 5.41) is 0. The average molecular weight is 308 g/mol. The third-order valence-corrected chi connectivity index (χ3v) is 2.39. The highest BCUT2D eigenvalue weighted by Gasteiger charge is 2.27. The van der Waals surface area contributed by atoms with E-state index in [1.54, 1.807) is 45.0 Å². The number of benzene rings is 1. The van der Waals surface area contributed by atoms with Gasteiger partial charge in [-0.15, -0.1) is 0 Å². The summed E-state index contributed by atoms with van der Waals surface area (Å²) < 4.78 is 9.71. The lowest BCUT2D eigenvalue weighted by Crippen LogP contribution is -2.41. The third kappa shape index (κ3) is 5.43. The van der Waals surface area contributed by atoms with Crippen LogP contribution in [0, 0.1) is 0 Å². The number of esters is 2.